The molecule has 1 fully saturated rings. The van der Waals surface area contributed by atoms with Gasteiger partial charge in [-0.15, -0.1) is 0 Å². The molecule has 1 aliphatic rings. The van der Waals surface area contributed by atoms with Gasteiger partial charge in [0.1, 0.15) is 5.82 Å². The number of rotatable bonds is 1. The van der Waals surface area contributed by atoms with Gasteiger partial charge < -0.3 is 0 Å². The quantitative estimate of drug-likeness (QED) is 0.742. The Morgan fingerprint density at radius 1 is 1.33 bits per heavy atom. The summed E-state index contributed by atoms with van der Waals surface area (Å²) < 4.78 is 42.1. The molecule has 1 aliphatic heterocycles. The molecule has 6 heteroatoms. The maximum Gasteiger partial charge on any atom is 0.273 e. The lowest BCUT2D eigenvalue weighted by Gasteiger charge is -2.33. The molecule has 1 saturated heterocycles. The van der Waals surface area contributed by atoms with Gasteiger partial charge in [-0.05, 0) is 36.2 Å². The lowest BCUT2D eigenvalue weighted by atomic mass is 9.40. The standard InChI is InChI=1S/C15H12BF3N2/c17-10-1-2-14-12(7-10)11(4-6-21-14)13-3-5-16(9-20)8-15(13,18)19/h1-2,4,6-7,13H,3,5,8H2. The van der Waals surface area contributed by atoms with E-state index in [0.29, 0.717) is 22.8 Å². The predicted molar refractivity (Wildman–Crippen MR) is 75.0 cm³/mol. The summed E-state index contributed by atoms with van der Waals surface area (Å²) in [6, 6.07) is 5.55. The number of halogens is 3. The molecule has 0 radical (unpaired) electrons. The van der Waals surface area contributed by atoms with Crippen LogP contribution in [0.1, 0.15) is 17.9 Å². The van der Waals surface area contributed by atoms with Gasteiger partial charge >= 0.3 is 0 Å². The van der Waals surface area contributed by atoms with E-state index in [1.165, 1.54) is 30.5 Å². The first kappa shape index (κ1) is 13.9. The van der Waals surface area contributed by atoms with E-state index in [0.717, 1.165) is 0 Å². The minimum absolute atomic E-state index is 0.223. The highest BCUT2D eigenvalue weighted by molar-refractivity contribution is 6.67. The van der Waals surface area contributed by atoms with Crippen molar-refractivity contribution in [1.82, 2.24) is 4.98 Å². The van der Waals surface area contributed by atoms with E-state index in [1.807, 2.05) is 5.97 Å². The van der Waals surface area contributed by atoms with Crippen molar-refractivity contribution in [3.63, 3.8) is 0 Å². The second-order valence-electron chi connectivity index (χ2n) is 5.48. The summed E-state index contributed by atoms with van der Waals surface area (Å²) in [6.07, 6.45) is 1.70. The van der Waals surface area contributed by atoms with E-state index in [9.17, 15) is 13.2 Å². The van der Waals surface area contributed by atoms with E-state index in [2.05, 4.69) is 4.98 Å². The van der Waals surface area contributed by atoms with Crippen LogP contribution >= 0.6 is 0 Å². The molecule has 1 atom stereocenters. The average Bonchev–Trinajstić information content (AvgIpc) is 2.46. The Morgan fingerprint density at radius 2 is 2.14 bits per heavy atom. The van der Waals surface area contributed by atoms with Gasteiger partial charge in [-0.1, -0.05) is 6.32 Å². The fraction of sp³-hybridized carbons (Fsp3) is 0.333. The third-order valence-electron chi connectivity index (χ3n) is 4.13. The third kappa shape index (κ3) is 2.48. The van der Waals surface area contributed by atoms with Gasteiger partial charge in [-0.3, -0.25) is 4.98 Å². The molecule has 0 N–H and O–H groups in total. The molecule has 2 aromatic rings. The number of alkyl halides is 2. The van der Waals surface area contributed by atoms with E-state index in [1.54, 1.807) is 0 Å². The van der Waals surface area contributed by atoms with Crippen LogP contribution in [-0.4, -0.2) is 17.6 Å². The minimum Gasteiger partial charge on any atom is -0.256 e. The second-order valence-corrected chi connectivity index (χ2v) is 5.48. The van der Waals surface area contributed by atoms with Gasteiger partial charge in [-0.25, -0.2) is 18.4 Å². The Labute approximate surface area is 120 Å². The molecule has 0 saturated carbocycles. The summed E-state index contributed by atoms with van der Waals surface area (Å²) in [6.45, 7) is -0.610. The number of fused-ring (bicyclic) bond motifs is 1. The van der Waals surface area contributed by atoms with E-state index < -0.39 is 30.7 Å². The van der Waals surface area contributed by atoms with Crippen molar-refractivity contribution in [2.24, 2.45) is 0 Å². The minimum atomic E-state index is -2.96. The van der Waals surface area contributed by atoms with Gasteiger partial charge in [-0.2, -0.15) is 0 Å². The van der Waals surface area contributed by atoms with E-state index in [-0.39, 0.29) is 6.42 Å². The van der Waals surface area contributed by atoms with Crippen LogP contribution in [0.5, 0.6) is 0 Å². The Kier molecular flexibility index (Phi) is 3.36. The molecule has 1 aromatic carbocycles. The number of aromatic nitrogens is 1. The first-order chi connectivity index (χ1) is 10.0. The van der Waals surface area contributed by atoms with Gasteiger partial charge in [0.2, 0.25) is 5.92 Å². The smallest absolute Gasteiger partial charge is 0.256 e. The average molecular weight is 288 g/mol. The largest absolute Gasteiger partial charge is 0.273 e. The van der Waals surface area contributed by atoms with Crippen LogP contribution in [0, 0.1) is 17.0 Å². The highest BCUT2D eigenvalue weighted by Gasteiger charge is 2.47. The Bertz CT molecular complexity index is 726. The maximum atomic E-state index is 14.4. The van der Waals surface area contributed by atoms with Crippen LogP contribution in [0.15, 0.2) is 30.5 Å². The van der Waals surface area contributed by atoms with Crippen molar-refractivity contribution in [1.29, 1.82) is 5.26 Å². The SMILES string of the molecule is N#CB1CCC(c2ccnc3ccc(F)cc23)C(F)(F)C1. The first-order valence-corrected chi connectivity index (χ1v) is 6.83. The zero-order valence-corrected chi connectivity index (χ0v) is 11.2. The monoisotopic (exact) mass is 288 g/mol. The molecular weight excluding hydrogens is 276 g/mol. The maximum absolute atomic E-state index is 14.4. The first-order valence-electron chi connectivity index (χ1n) is 6.83. The van der Waals surface area contributed by atoms with Gasteiger partial charge in [0, 0.05) is 29.8 Å². The fourth-order valence-corrected chi connectivity index (χ4v) is 3.09. The number of nitriles is 1. The number of benzene rings is 1. The van der Waals surface area contributed by atoms with Crippen molar-refractivity contribution in [2.45, 2.75) is 30.9 Å². The summed E-state index contributed by atoms with van der Waals surface area (Å²) in [5.74, 6) is -2.49. The highest BCUT2D eigenvalue weighted by Crippen LogP contribution is 2.46. The van der Waals surface area contributed by atoms with Crippen LogP contribution in [0.2, 0.25) is 12.6 Å². The summed E-state index contributed by atoms with van der Waals surface area (Å²) in [5, 5.41) is 9.27. The number of hydrogen-bond acceptors (Lipinski definition) is 2. The number of hydrogen-bond donors (Lipinski definition) is 0. The molecule has 0 amide bonds. The highest BCUT2D eigenvalue weighted by atomic mass is 19.3. The van der Waals surface area contributed by atoms with Crippen molar-refractivity contribution in [2.75, 3.05) is 0 Å². The topological polar surface area (TPSA) is 36.7 Å². The van der Waals surface area contributed by atoms with Crippen LogP contribution in [0.25, 0.3) is 10.9 Å². The van der Waals surface area contributed by atoms with Gasteiger partial charge in [0.15, 0.2) is 0 Å². The fourth-order valence-electron chi connectivity index (χ4n) is 3.09. The van der Waals surface area contributed by atoms with Gasteiger partial charge in [0.05, 0.1) is 5.52 Å². The molecule has 0 spiro atoms. The van der Waals surface area contributed by atoms with Crippen molar-refractivity contribution in [3.05, 3.63) is 41.8 Å². The molecule has 21 heavy (non-hydrogen) atoms. The normalized spacial score (nSPS) is 21.2. The van der Waals surface area contributed by atoms with Crippen LogP contribution in [0.3, 0.4) is 0 Å². The zero-order chi connectivity index (χ0) is 15.0. The summed E-state index contributed by atoms with van der Waals surface area (Å²) in [4.78, 5) is 4.09. The summed E-state index contributed by atoms with van der Waals surface area (Å²) >= 11 is 0. The molecule has 106 valence electrons. The van der Waals surface area contributed by atoms with Crippen LogP contribution in [-0.2, 0) is 0 Å². The molecule has 0 aliphatic carbocycles. The predicted octanol–water partition coefficient (Wildman–Crippen LogP) is 4.05. The van der Waals surface area contributed by atoms with Crippen LogP contribution in [0.4, 0.5) is 13.2 Å². The molecular formula is C15H12BF3N2. The van der Waals surface area contributed by atoms with Gasteiger partial charge in [0.25, 0.3) is 6.71 Å². The lowest BCUT2D eigenvalue weighted by Crippen LogP contribution is -2.37. The second kappa shape index (κ2) is 5.07. The Hall–Kier alpha value is -2.03. The van der Waals surface area contributed by atoms with E-state index >= 15 is 0 Å². The Balaban J connectivity index is 2.08. The molecule has 0 bridgehead atoms. The molecule has 2 heterocycles. The molecule has 2 nitrogen and oxygen atoms in total. The molecule has 1 aromatic heterocycles. The summed E-state index contributed by atoms with van der Waals surface area (Å²) in [7, 11) is 0. The molecule has 3 rings (SSSR count). The molecule has 1 unspecified atom stereocenters. The van der Waals surface area contributed by atoms with Crippen molar-refractivity contribution in [3.8, 4) is 5.97 Å². The van der Waals surface area contributed by atoms with E-state index in [4.69, 9.17) is 5.26 Å². The van der Waals surface area contributed by atoms with Crippen molar-refractivity contribution >= 4 is 17.6 Å². The van der Waals surface area contributed by atoms with Crippen molar-refractivity contribution < 1.29 is 13.2 Å². The summed E-state index contributed by atoms with van der Waals surface area (Å²) in [5.41, 5.74) is 0.924. The number of nitrogens with zero attached hydrogens (tertiary/aromatic N) is 2. The van der Waals surface area contributed by atoms with Crippen LogP contribution < -0.4 is 0 Å². The zero-order valence-electron chi connectivity index (χ0n) is 11.2. The lowest BCUT2D eigenvalue weighted by molar-refractivity contribution is -0.0140. The third-order valence-corrected chi connectivity index (χ3v) is 4.13. The number of pyridine rings is 1. The Morgan fingerprint density at radius 3 is 2.86 bits per heavy atom.